The van der Waals surface area contributed by atoms with Gasteiger partial charge in [0.1, 0.15) is 0 Å². The molecule has 1 heterocycles. The molecule has 1 atom stereocenters. The van der Waals surface area contributed by atoms with Gasteiger partial charge in [0.2, 0.25) is 5.91 Å². The maximum atomic E-state index is 11.5. The van der Waals surface area contributed by atoms with Crippen molar-refractivity contribution in [3.8, 4) is 0 Å². The lowest BCUT2D eigenvalue weighted by atomic mass is 10.0. The predicted octanol–water partition coefficient (Wildman–Crippen LogP) is 0.278. The monoisotopic (exact) mass is 213 g/mol. The molecule has 1 saturated heterocycles. The Labute approximate surface area is 92.4 Å². The van der Waals surface area contributed by atoms with E-state index in [-0.39, 0.29) is 12.5 Å². The highest BCUT2D eigenvalue weighted by atomic mass is 16.2. The van der Waals surface area contributed by atoms with Gasteiger partial charge in [-0.2, -0.15) is 0 Å². The molecule has 0 aromatic carbocycles. The van der Waals surface area contributed by atoms with E-state index >= 15 is 0 Å². The van der Waals surface area contributed by atoms with Gasteiger partial charge >= 0.3 is 0 Å². The lowest BCUT2D eigenvalue weighted by Gasteiger charge is -2.36. The topological polar surface area (TPSA) is 49.6 Å². The maximum Gasteiger partial charge on any atom is 0.236 e. The summed E-state index contributed by atoms with van der Waals surface area (Å²) in [6.07, 6.45) is 3.76. The van der Waals surface area contributed by atoms with Crippen molar-refractivity contribution in [2.45, 2.75) is 32.2 Å². The van der Waals surface area contributed by atoms with Crippen LogP contribution in [0.5, 0.6) is 0 Å². The molecule has 0 aliphatic carbocycles. The molecule has 0 spiro atoms. The molecule has 88 valence electrons. The number of carbonyl (C=O) groups is 1. The molecule has 1 aliphatic heterocycles. The Morgan fingerprint density at radius 1 is 1.53 bits per heavy atom. The van der Waals surface area contributed by atoms with Crippen LogP contribution in [0.4, 0.5) is 0 Å². The van der Waals surface area contributed by atoms with Crippen LogP contribution in [0.1, 0.15) is 26.2 Å². The molecule has 2 N–H and O–H groups in total. The minimum Gasteiger partial charge on any atom is -0.340 e. The number of carbonyl (C=O) groups excluding carboxylic acids is 1. The number of hydrogen-bond acceptors (Lipinski definition) is 3. The standard InChI is InChI=1S/C11H23N3O/c1-3-14(11(15)8-12)9-10-6-4-5-7-13(10)2/h10H,3-9,12H2,1-2H3. The van der Waals surface area contributed by atoms with E-state index in [1.165, 1.54) is 19.3 Å². The Morgan fingerprint density at radius 2 is 2.27 bits per heavy atom. The Kier molecular flexibility index (Phi) is 5.05. The fraction of sp³-hybridized carbons (Fsp3) is 0.909. The fourth-order valence-corrected chi connectivity index (χ4v) is 2.17. The van der Waals surface area contributed by atoms with Crippen LogP contribution in [0.25, 0.3) is 0 Å². The van der Waals surface area contributed by atoms with Crippen LogP contribution < -0.4 is 5.73 Å². The fourth-order valence-electron chi connectivity index (χ4n) is 2.17. The average molecular weight is 213 g/mol. The lowest BCUT2D eigenvalue weighted by Crippen LogP contribution is -2.47. The summed E-state index contributed by atoms with van der Waals surface area (Å²) in [7, 11) is 2.14. The summed E-state index contributed by atoms with van der Waals surface area (Å²) < 4.78 is 0. The molecular weight excluding hydrogens is 190 g/mol. The maximum absolute atomic E-state index is 11.5. The molecule has 4 heteroatoms. The van der Waals surface area contributed by atoms with Crippen molar-refractivity contribution in [1.82, 2.24) is 9.80 Å². The van der Waals surface area contributed by atoms with Crippen LogP contribution in [-0.4, -0.2) is 55.0 Å². The van der Waals surface area contributed by atoms with E-state index in [9.17, 15) is 4.79 Å². The first-order valence-electron chi connectivity index (χ1n) is 5.87. The van der Waals surface area contributed by atoms with E-state index in [2.05, 4.69) is 11.9 Å². The second-order valence-corrected chi connectivity index (χ2v) is 4.27. The normalized spacial score (nSPS) is 22.7. The van der Waals surface area contributed by atoms with Gasteiger partial charge in [-0.3, -0.25) is 4.79 Å². The third kappa shape index (κ3) is 3.47. The molecule has 0 aromatic rings. The SMILES string of the molecule is CCN(CC1CCCCN1C)C(=O)CN. The van der Waals surface area contributed by atoms with Crippen molar-refractivity contribution in [2.75, 3.05) is 33.2 Å². The van der Waals surface area contributed by atoms with E-state index in [1.807, 2.05) is 11.8 Å². The molecule has 4 nitrogen and oxygen atoms in total. The first-order valence-corrected chi connectivity index (χ1v) is 5.87. The molecular formula is C11H23N3O. The first-order chi connectivity index (χ1) is 7.19. The number of nitrogens with two attached hydrogens (primary N) is 1. The van der Waals surface area contributed by atoms with Crippen molar-refractivity contribution in [3.05, 3.63) is 0 Å². The van der Waals surface area contributed by atoms with Crippen LogP contribution in [0.3, 0.4) is 0 Å². The van der Waals surface area contributed by atoms with Crippen LogP contribution in [0, 0.1) is 0 Å². The summed E-state index contributed by atoms with van der Waals surface area (Å²) in [4.78, 5) is 15.7. The van der Waals surface area contributed by atoms with E-state index in [0.29, 0.717) is 6.04 Å². The van der Waals surface area contributed by atoms with E-state index in [0.717, 1.165) is 19.6 Å². The minimum absolute atomic E-state index is 0.0662. The van der Waals surface area contributed by atoms with Gasteiger partial charge in [0.05, 0.1) is 6.54 Å². The third-order valence-electron chi connectivity index (χ3n) is 3.26. The smallest absolute Gasteiger partial charge is 0.236 e. The van der Waals surface area contributed by atoms with Gasteiger partial charge in [-0.25, -0.2) is 0 Å². The Bertz CT molecular complexity index is 208. The zero-order valence-corrected chi connectivity index (χ0v) is 9.91. The molecule has 1 rings (SSSR count). The number of amides is 1. The number of likely N-dealkylation sites (N-methyl/N-ethyl adjacent to an activating group) is 2. The van der Waals surface area contributed by atoms with Gasteiger partial charge in [-0.1, -0.05) is 6.42 Å². The van der Waals surface area contributed by atoms with Crippen molar-refractivity contribution in [3.63, 3.8) is 0 Å². The van der Waals surface area contributed by atoms with Gasteiger partial charge in [0.15, 0.2) is 0 Å². The summed E-state index contributed by atoms with van der Waals surface area (Å²) in [5, 5.41) is 0. The first kappa shape index (κ1) is 12.5. The molecule has 1 unspecified atom stereocenters. The van der Waals surface area contributed by atoms with E-state index < -0.39 is 0 Å². The third-order valence-corrected chi connectivity index (χ3v) is 3.26. The number of hydrogen-bond donors (Lipinski definition) is 1. The second-order valence-electron chi connectivity index (χ2n) is 4.27. The van der Waals surface area contributed by atoms with Crippen molar-refractivity contribution < 1.29 is 4.79 Å². The zero-order chi connectivity index (χ0) is 11.3. The summed E-state index contributed by atoms with van der Waals surface area (Å²) >= 11 is 0. The largest absolute Gasteiger partial charge is 0.340 e. The van der Waals surface area contributed by atoms with Gasteiger partial charge in [0, 0.05) is 19.1 Å². The van der Waals surface area contributed by atoms with Gasteiger partial charge in [-0.05, 0) is 33.4 Å². The van der Waals surface area contributed by atoms with E-state index in [4.69, 9.17) is 5.73 Å². The van der Waals surface area contributed by atoms with Crippen molar-refractivity contribution in [2.24, 2.45) is 5.73 Å². The van der Waals surface area contributed by atoms with Crippen molar-refractivity contribution >= 4 is 5.91 Å². The molecule has 1 aliphatic rings. The quantitative estimate of drug-likeness (QED) is 0.729. The summed E-state index contributed by atoms with van der Waals surface area (Å²) in [6, 6.07) is 0.522. The van der Waals surface area contributed by atoms with Gasteiger partial charge in [0.25, 0.3) is 0 Å². The molecule has 0 saturated carbocycles. The Morgan fingerprint density at radius 3 is 2.80 bits per heavy atom. The van der Waals surface area contributed by atoms with Crippen molar-refractivity contribution in [1.29, 1.82) is 0 Å². The number of piperidine rings is 1. The van der Waals surface area contributed by atoms with Crippen LogP contribution >= 0.6 is 0 Å². The Balaban J connectivity index is 2.46. The summed E-state index contributed by atoms with van der Waals surface area (Å²) in [5.41, 5.74) is 5.38. The molecule has 15 heavy (non-hydrogen) atoms. The molecule has 0 aromatic heterocycles. The number of rotatable bonds is 4. The van der Waals surface area contributed by atoms with Gasteiger partial charge in [-0.15, -0.1) is 0 Å². The second kappa shape index (κ2) is 6.08. The zero-order valence-electron chi connectivity index (χ0n) is 9.91. The highest BCUT2D eigenvalue weighted by Gasteiger charge is 2.22. The van der Waals surface area contributed by atoms with Crippen LogP contribution in [-0.2, 0) is 4.79 Å². The molecule has 1 amide bonds. The summed E-state index contributed by atoms with van der Waals surface area (Å²) in [5.74, 6) is 0.0662. The molecule has 0 bridgehead atoms. The van der Waals surface area contributed by atoms with Crippen LogP contribution in [0.15, 0.2) is 0 Å². The van der Waals surface area contributed by atoms with Gasteiger partial charge < -0.3 is 15.5 Å². The number of likely N-dealkylation sites (tertiary alicyclic amines) is 1. The Hall–Kier alpha value is -0.610. The number of nitrogens with zero attached hydrogens (tertiary/aromatic N) is 2. The predicted molar refractivity (Wildman–Crippen MR) is 61.6 cm³/mol. The lowest BCUT2D eigenvalue weighted by molar-refractivity contribution is -0.130. The molecule has 1 fully saturated rings. The average Bonchev–Trinajstić information content (AvgIpc) is 2.27. The van der Waals surface area contributed by atoms with E-state index in [1.54, 1.807) is 0 Å². The van der Waals surface area contributed by atoms with Crippen LogP contribution in [0.2, 0.25) is 0 Å². The molecule has 0 radical (unpaired) electrons. The highest BCUT2D eigenvalue weighted by molar-refractivity contribution is 5.78. The highest BCUT2D eigenvalue weighted by Crippen LogP contribution is 2.15. The summed E-state index contributed by atoms with van der Waals surface area (Å²) in [6.45, 7) is 4.89. The minimum atomic E-state index is 0.0662.